The Kier molecular flexibility index (Phi) is 7.02. The fourth-order valence-electron chi connectivity index (χ4n) is 2.86. The molecular formula is C14H20Cl3FN2. The van der Waals surface area contributed by atoms with Gasteiger partial charge in [-0.2, -0.15) is 0 Å². The average molecular weight is 342 g/mol. The number of halogens is 4. The second-order valence-corrected chi connectivity index (χ2v) is 5.64. The quantitative estimate of drug-likeness (QED) is 0.902. The largest absolute Gasteiger partial charge is 0.314 e. The molecule has 0 aromatic heterocycles. The standard InChI is InChI=1S/C14H18ClFN2.2ClH/c15-13-4-3-11(16)9-12(13)14(10-1-2-10)18-7-5-17-6-8-18;;/h3-4,9-10,14,17H,1-2,5-8H2;2*1H/t14-;;/m0../s1. The first-order valence-electron chi connectivity index (χ1n) is 6.65. The minimum Gasteiger partial charge on any atom is -0.314 e. The summed E-state index contributed by atoms with van der Waals surface area (Å²) in [4.78, 5) is 2.45. The lowest BCUT2D eigenvalue weighted by Crippen LogP contribution is -2.45. The van der Waals surface area contributed by atoms with E-state index in [-0.39, 0.29) is 30.6 Å². The summed E-state index contributed by atoms with van der Waals surface area (Å²) in [6.07, 6.45) is 2.48. The molecule has 1 aromatic rings. The van der Waals surface area contributed by atoms with Crippen LogP contribution in [0.4, 0.5) is 4.39 Å². The maximum absolute atomic E-state index is 13.5. The molecule has 0 bridgehead atoms. The van der Waals surface area contributed by atoms with Gasteiger partial charge >= 0.3 is 0 Å². The van der Waals surface area contributed by atoms with Crippen LogP contribution in [0, 0.1) is 11.7 Å². The third-order valence-corrected chi connectivity index (χ3v) is 4.23. The highest BCUT2D eigenvalue weighted by Gasteiger charge is 2.37. The predicted octanol–water partition coefficient (Wildman–Crippen LogP) is 3.68. The highest BCUT2D eigenvalue weighted by atomic mass is 35.5. The predicted molar refractivity (Wildman–Crippen MR) is 85.8 cm³/mol. The van der Waals surface area contributed by atoms with E-state index in [0.717, 1.165) is 31.7 Å². The summed E-state index contributed by atoms with van der Waals surface area (Å²) in [5.41, 5.74) is 0.973. The van der Waals surface area contributed by atoms with E-state index in [4.69, 9.17) is 11.6 Å². The van der Waals surface area contributed by atoms with Crippen LogP contribution in [0.15, 0.2) is 18.2 Å². The van der Waals surface area contributed by atoms with Crippen molar-refractivity contribution in [1.29, 1.82) is 0 Å². The summed E-state index contributed by atoms with van der Waals surface area (Å²) >= 11 is 6.27. The third kappa shape index (κ3) is 3.99. The van der Waals surface area contributed by atoms with Crippen molar-refractivity contribution in [3.8, 4) is 0 Å². The summed E-state index contributed by atoms with van der Waals surface area (Å²) in [5.74, 6) is 0.470. The highest BCUT2D eigenvalue weighted by Crippen LogP contribution is 2.46. The normalized spacial score (nSPS) is 20.7. The van der Waals surface area contributed by atoms with Crippen LogP contribution in [0.25, 0.3) is 0 Å². The fraction of sp³-hybridized carbons (Fsp3) is 0.571. The number of nitrogens with zero attached hydrogens (tertiary/aromatic N) is 1. The van der Waals surface area contributed by atoms with Gasteiger partial charge in [-0.1, -0.05) is 11.6 Å². The Balaban J connectivity index is 0.000001000. The number of rotatable bonds is 3. The van der Waals surface area contributed by atoms with Gasteiger partial charge < -0.3 is 5.32 Å². The molecule has 2 fully saturated rings. The number of nitrogens with one attached hydrogen (secondary N) is 1. The van der Waals surface area contributed by atoms with Gasteiger partial charge in [0.1, 0.15) is 5.82 Å². The van der Waals surface area contributed by atoms with Crippen molar-refractivity contribution in [1.82, 2.24) is 10.2 Å². The maximum atomic E-state index is 13.5. The van der Waals surface area contributed by atoms with E-state index in [0.29, 0.717) is 17.0 Å². The molecule has 0 amide bonds. The van der Waals surface area contributed by atoms with Gasteiger partial charge in [-0.25, -0.2) is 4.39 Å². The molecule has 1 saturated carbocycles. The average Bonchev–Trinajstić information content (AvgIpc) is 3.20. The molecule has 1 aromatic carbocycles. The lowest BCUT2D eigenvalue weighted by molar-refractivity contribution is 0.156. The highest BCUT2D eigenvalue weighted by molar-refractivity contribution is 6.31. The first-order chi connectivity index (χ1) is 8.75. The van der Waals surface area contributed by atoms with Crippen LogP contribution < -0.4 is 5.32 Å². The second kappa shape index (κ2) is 7.81. The molecule has 2 nitrogen and oxygen atoms in total. The number of piperazine rings is 1. The third-order valence-electron chi connectivity index (χ3n) is 3.89. The topological polar surface area (TPSA) is 15.3 Å². The lowest BCUT2D eigenvalue weighted by atomic mass is 9.99. The molecule has 0 radical (unpaired) electrons. The van der Waals surface area contributed by atoms with E-state index >= 15 is 0 Å². The van der Waals surface area contributed by atoms with Crippen molar-refractivity contribution in [2.45, 2.75) is 18.9 Å². The van der Waals surface area contributed by atoms with Crippen molar-refractivity contribution >= 4 is 36.4 Å². The molecule has 2 aliphatic rings. The van der Waals surface area contributed by atoms with E-state index in [2.05, 4.69) is 10.2 Å². The summed E-state index contributed by atoms with van der Waals surface area (Å²) in [7, 11) is 0. The molecule has 6 heteroatoms. The zero-order valence-corrected chi connectivity index (χ0v) is 13.5. The first-order valence-corrected chi connectivity index (χ1v) is 7.03. The smallest absolute Gasteiger partial charge is 0.123 e. The summed E-state index contributed by atoms with van der Waals surface area (Å²) in [6, 6.07) is 5.04. The van der Waals surface area contributed by atoms with Crippen molar-refractivity contribution in [2.24, 2.45) is 5.92 Å². The monoisotopic (exact) mass is 340 g/mol. The van der Waals surface area contributed by atoms with Crippen LogP contribution in [-0.2, 0) is 0 Å². The SMILES string of the molecule is Cl.Cl.Fc1ccc(Cl)c([C@H](C2CC2)N2CCNCC2)c1. The Morgan fingerprint density at radius 3 is 2.45 bits per heavy atom. The van der Waals surface area contributed by atoms with Crippen LogP contribution in [0.2, 0.25) is 5.02 Å². The molecule has 1 aliphatic heterocycles. The van der Waals surface area contributed by atoms with Crippen molar-refractivity contribution in [3.63, 3.8) is 0 Å². The van der Waals surface area contributed by atoms with E-state index in [1.165, 1.54) is 18.9 Å². The van der Waals surface area contributed by atoms with Crippen LogP contribution >= 0.6 is 36.4 Å². The molecule has 20 heavy (non-hydrogen) atoms. The Morgan fingerprint density at radius 2 is 1.85 bits per heavy atom. The zero-order chi connectivity index (χ0) is 12.5. The van der Waals surface area contributed by atoms with E-state index < -0.39 is 0 Å². The number of hydrogen-bond acceptors (Lipinski definition) is 2. The molecule has 1 aliphatic carbocycles. The van der Waals surface area contributed by atoms with Gasteiger partial charge in [0.2, 0.25) is 0 Å². The molecule has 1 saturated heterocycles. The summed E-state index contributed by atoms with van der Waals surface area (Å²) in [6.45, 7) is 4.06. The van der Waals surface area contributed by atoms with Crippen molar-refractivity contribution < 1.29 is 4.39 Å². The second-order valence-electron chi connectivity index (χ2n) is 5.23. The summed E-state index contributed by atoms with van der Waals surface area (Å²) in [5, 5.41) is 4.06. The maximum Gasteiger partial charge on any atom is 0.123 e. The molecule has 0 unspecified atom stereocenters. The Labute approximate surface area is 136 Å². The summed E-state index contributed by atoms with van der Waals surface area (Å²) < 4.78 is 13.5. The molecule has 3 rings (SSSR count). The molecular weight excluding hydrogens is 322 g/mol. The number of hydrogen-bond donors (Lipinski definition) is 1. The lowest BCUT2D eigenvalue weighted by Gasteiger charge is -2.35. The van der Waals surface area contributed by atoms with Gasteiger partial charge in [-0.15, -0.1) is 24.8 Å². The van der Waals surface area contributed by atoms with E-state index in [9.17, 15) is 4.39 Å². The van der Waals surface area contributed by atoms with Crippen LogP contribution in [0.5, 0.6) is 0 Å². The van der Waals surface area contributed by atoms with Crippen molar-refractivity contribution in [3.05, 3.63) is 34.6 Å². The van der Waals surface area contributed by atoms with Crippen LogP contribution in [0.1, 0.15) is 24.4 Å². The van der Waals surface area contributed by atoms with Gasteiger partial charge in [0.15, 0.2) is 0 Å². The molecule has 1 atom stereocenters. The fourth-order valence-corrected chi connectivity index (χ4v) is 3.09. The molecule has 114 valence electrons. The molecule has 1 N–H and O–H groups in total. The Morgan fingerprint density at radius 1 is 1.20 bits per heavy atom. The Hall–Kier alpha value is -0.0600. The Bertz CT molecular complexity index is 434. The van der Waals surface area contributed by atoms with Crippen LogP contribution in [-0.4, -0.2) is 31.1 Å². The van der Waals surface area contributed by atoms with E-state index in [1.807, 2.05) is 0 Å². The first kappa shape index (κ1) is 18.0. The van der Waals surface area contributed by atoms with Crippen molar-refractivity contribution in [2.75, 3.05) is 26.2 Å². The van der Waals surface area contributed by atoms with Gasteiger partial charge in [0.25, 0.3) is 0 Å². The van der Waals surface area contributed by atoms with Gasteiger partial charge in [-0.3, -0.25) is 4.90 Å². The van der Waals surface area contributed by atoms with Gasteiger partial charge in [0.05, 0.1) is 0 Å². The molecule has 0 spiro atoms. The minimum atomic E-state index is -0.185. The number of benzene rings is 1. The van der Waals surface area contributed by atoms with Gasteiger partial charge in [0, 0.05) is 37.2 Å². The van der Waals surface area contributed by atoms with Gasteiger partial charge in [-0.05, 0) is 42.5 Å². The minimum absolute atomic E-state index is 0. The van der Waals surface area contributed by atoms with Crippen LogP contribution in [0.3, 0.4) is 0 Å². The van der Waals surface area contributed by atoms with E-state index in [1.54, 1.807) is 12.1 Å². The zero-order valence-electron chi connectivity index (χ0n) is 11.1. The molecule has 1 heterocycles.